The van der Waals surface area contributed by atoms with Gasteiger partial charge in [0.05, 0.1) is 16.3 Å². The molecule has 4 rings (SSSR count). The molecule has 0 aliphatic carbocycles. The maximum Gasteiger partial charge on any atom is 0.247 e. The molecule has 0 atom stereocenters. The number of amides is 2. The lowest BCUT2D eigenvalue weighted by Gasteiger charge is -2.31. The summed E-state index contributed by atoms with van der Waals surface area (Å²) in [6.45, 7) is 4.77. The van der Waals surface area contributed by atoms with E-state index in [0.717, 1.165) is 22.6 Å². The SMILES string of the molecule is CCN(CC)S(=O)(=O)c1ccc2c(c1)N(CC(=O)N1CCc3ccccc31)C(=O)CS2. The lowest BCUT2D eigenvalue weighted by Crippen LogP contribution is -2.44. The van der Waals surface area contributed by atoms with E-state index in [4.69, 9.17) is 0 Å². The third-order valence-corrected chi connectivity index (χ3v) is 8.79. The monoisotopic (exact) mass is 459 g/mol. The van der Waals surface area contributed by atoms with Crippen molar-refractivity contribution in [2.45, 2.75) is 30.1 Å². The van der Waals surface area contributed by atoms with Crippen LogP contribution in [-0.2, 0) is 26.0 Å². The van der Waals surface area contributed by atoms with Gasteiger partial charge >= 0.3 is 0 Å². The molecule has 0 saturated heterocycles. The van der Waals surface area contributed by atoms with E-state index in [1.54, 1.807) is 30.9 Å². The van der Waals surface area contributed by atoms with E-state index in [0.29, 0.717) is 25.3 Å². The summed E-state index contributed by atoms with van der Waals surface area (Å²) < 4.78 is 27.3. The molecule has 0 radical (unpaired) electrons. The van der Waals surface area contributed by atoms with Gasteiger partial charge in [-0.15, -0.1) is 11.8 Å². The van der Waals surface area contributed by atoms with Gasteiger partial charge in [-0.05, 0) is 36.2 Å². The molecule has 0 fully saturated rings. The van der Waals surface area contributed by atoms with E-state index in [1.165, 1.54) is 27.0 Å². The predicted octanol–water partition coefficient (Wildman–Crippen LogP) is 2.75. The molecule has 7 nitrogen and oxygen atoms in total. The molecule has 2 amide bonds. The van der Waals surface area contributed by atoms with Crippen LogP contribution < -0.4 is 9.80 Å². The third-order valence-electron chi connectivity index (χ3n) is 5.70. The summed E-state index contributed by atoms with van der Waals surface area (Å²) in [5.41, 5.74) is 2.48. The predicted molar refractivity (Wildman–Crippen MR) is 122 cm³/mol. The molecule has 31 heavy (non-hydrogen) atoms. The fourth-order valence-electron chi connectivity index (χ4n) is 4.05. The fourth-order valence-corrected chi connectivity index (χ4v) is 6.44. The van der Waals surface area contributed by atoms with Crippen LogP contribution in [0.15, 0.2) is 52.3 Å². The van der Waals surface area contributed by atoms with Crippen LogP contribution in [0.1, 0.15) is 19.4 Å². The van der Waals surface area contributed by atoms with Gasteiger partial charge in [0.2, 0.25) is 21.8 Å². The average molecular weight is 460 g/mol. The molecule has 9 heteroatoms. The molecule has 0 bridgehead atoms. The normalized spacial score (nSPS) is 15.9. The summed E-state index contributed by atoms with van der Waals surface area (Å²) >= 11 is 1.36. The molecular formula is C22H25N3O4S2. The van der Waals surface area contributed by atoms with Gasteiger partial charge in [-0.2, -0.15) is 4.31 Å². The van der Waals surface area contributed by atoms with E-state index in [-0.39, 0.29) is 29.0 Å². The van der Waals surface area contributed by atoms with Crippen molar-refractivity contribution in [1.82, 2.24) is 4.31 Å². The Labute approximate surface area is 187 Å². The highest BCUT2D eigenvalue weighted by Crippen LogP contribution is 2.38. The zero-order valence-corrected chi connectivity index (χ0v) is 19.2. The first kappa shape index (κ1) is 21.9. The second-order valence-corrected chi connectivity index (χ2v) is 10.4. The number of para-hydroxylation sites is 1. The Kier molecular flexibility index (Phi) is 6.09. The lowest BCUT2D eigenvalue weighted by molar-refractivity contribution is -0.121. The third kappa shape index (κ3) is 3.97. The van der Waals surface area contributed by atoms with Crippen molar-refractivity contribution in [1.29, 1.82) is 0 Å². The van der Waals surface area contributed by atoms with Gasteiger partial charge in [0, 0.05) is 30.2 Å². The summed E-state index contributed by atoms with van der Waals surface area (Å²) in [7, 11) is -3.67. The van der Waals surface area contributed by atoms with Gasteiger partial charge < -0.3 is 9.80 Å². The first-order valence-corrected chi connectivity index (χ1v) is 12.7. The number of hydrogen-bond acceptors (Lipinski definition) is 5. The highest BCUT2D eigenvalue weighted by atomic mass is 32.2. The standard InChI is InChI=1S/C22H25N3O4S2/c1-3-23(4-2)31(28,29)17-9-10-20-19(13-17)25(22(27)15-30-20)14-21(26)24-12-11-16-7-5-6-8-18(16)24/h5-10,13H,3-4,11-12,14-15H2,1-2H3. The molecular weight excluding hydrogens is 434 g/mol. The summed E-state index contributed by atoms with van der Waals surface area (Å²) in [5, 5.41) is 0. The summed E-state index contributed by atoms with van der Waals surface area (Å²) in [6.07, 6.45) is 0.786. The van der Waals surface area contributed by atoms with Crippen molar-refractivity contribution >= 4 is 45.0 Å². The number of anilines is 2. The van der Waals surface area contributed by atoms with E-state index < -0.39 is 10.0 Å². The lowest BCUT2D eigenvalue weighted by atomic mass is 10.2. The molecule has 2 aliphatic rings. The molecule has 2 heterocycles. The summed E-state index contributed by atoms with van der Waals surface area (Å²) in [5.74, 6) is -0.150. The van der Waals surface area contributed by atoms with Crippen molar-refractivity contribution in [2.24, 2.45) is 0 Å². The second kappa shape index (κ2) is 8.64. The molecule has 2 aliphatic heterocycles. The van der Waals surface area contributed by atoms with Crippen molar-refractivity contribution in [3.63, 3.8) is 0 Å². The quantitative estimate of drug-likeness (QED) is 0.664. The minimum Gasteiger partial charge on any atom is -0.310 e. The number of carbonyl (C=O) groups is 2. The Balaban J connectivity index is 1.65. The van der Waals surface area contributed by atoms with Crippen LogP contribution in [0.3, 0.4) is 0 Å². The number of hydrogen-bond donors (Lipinski definition) is 0. The number of sulfonamides is 1. The zero-order chi connectivity index (χ0) is 22.2. The molecule has 0 unspecified atom stereocenters. The number of fused-ring (bicyclic) bond motifs is 2. The highest BCUT2D eigenvalue weighted by molar-refractivity contribution is 8.00. The zero-order valence-electron chi connectivity index (χ0n) is 17.6. The van der Waals surface area contributed by atoms with Crippen LogP contribution in [0.5, 0.6) is 0 Å². The molecule has 0 N–H and O–H groups in total. The number of benzene rings is 2. The summed E-state index contributed by atoms with van der Waals surface area (Å²) in [4.78, 5) is 29.9. The highest BCUT2D eigenvalue weighted by Gasteiger charge is 2.32. The number of nitrogens with zero attached hydrogens (tertiary/aromatic N) is 3. The molecule has 0 aromatic heterocycles. The number of thioether (sulfide) groups is 1. The molecule has 0 spiro atoms. The first-order valence-electron chi connectivity index (χ1n) is 10.3. The minimum atomic E-state index is -3.67. The van der Waals surface area contributed by atoms with Gasteiger partial charge in [-0.25, -0.2) is 8.42 Å². The van der Waals surface area contributed by atoms with Crippen molar-refractivity contribution in [3.8, 4) is 0 Å². The van der Waals surface area contributed by atoms with Crippen LogP contribution in [0.2, 0.25) is 0 Å². The Bertz CT molecular complexity index is 1130. The van der Waals surface area contributed by atoms with Crippen LogP contribution in [-0.4, -0.2) is 56.5 Å². The van der Waals surface area contributed by atoms with Crippen molar-refractivity contribution < 1.29 is 18.0 Å². The molecule has 2 aromatic rings. The van der Waals surface area contributed by atoms with Crippen LogP contribution >= 0.6 is 11.8 Å². The Morgan fingerprint density at radius 1 is 1.10 bits per heavy atom. The van der Waals surface area contributed by atoms with Gasteiger partial charge in [-0.1, -0.05) is 32.0 Å². The van der Waals surface area contributed by atoms with Gasteiger partial charge in [-0.3, -0.25) is 9.59 Å². The number of rotatable bonds is 6. The smallest absolute Gasteiger partial charge is 0.247 e. The van der Waals surface area contributed by atoms with Gasteiger partial charge in [0.15, 0.2) is 0 Å². The van der Waals surface area contributed by atoms with Crippen LogP contribution in [0.25, 0.3) is 0 Å². The summed E-state index contributed by atoms with van der Waals surface area (Å²) in [6, 6.07) is 12.6. The maximum atomic E-state index is 13.1. The van der Waals surface area contributed by atoms with E-state index >= 15 is 0 Å². The second-order valence-electron chi connectivity index (χ2n) is 7.41. The van der Waals surface area contributed by atoms with E-state index in [2.05, 4.69) is 0 Å². The van der Waals surface area contributed by atoms with Crippen LogP contribution in [0.4, 0.5) is 11.4 Å². The molecule has 164 valence electrons. The first-order chi connectivity index (χ1) is 14.9. The molecule has 0 saturated carbocycles. The Morgan fingerprint density at radius 2 is 1.84 bits per heavy atom. The van der Waals surface area contributed by atoms with Crippen molar-refractivity contribution in [3.05, 3.63) is 48.0 Å². The van der Waals surface area contributed by atoms with Gasteiger partial charge in [0.1, 0.15) is 6.54 Å². The Hall–Kier alpha value is -2.36. The Morgan fingerprint density at radius 3 is 2.58 bits per heavy atom. The maximum absolute atomic E-state index is 13.1. The average Bonchev–Trinajstić information content (AvgIpc) is 3.20. The topological polar surface area (TPSA) is 78.0 Å². The van der Waals surface area contributed by atoms with E-state index in [9.17, 15) is 18.0 Å². The molecule has 2 aromatic carbocycles. The number of carbonyl (C=O) groups excluding carboxylic acids is 2. The fraction of sp³-hybridized carbons (Fsp3) is 0.364. The van der Waals surface area contributed by atoms with Crippen molar-refractivity contribution in [2.75, 3.05) is 41.7 Å². The van der Waals surface area contributed by atoms with E-state index in [1.807, 2.05) is 24.3 Å². The van der Waals surface area contributed by atoms with Gasteiger partial charge in [0.25, 0.3) is 0 Å². The van der Waals surface area contributed by atoms with Crippen LogP contribution in [0, 0.1) is 0 Å². The minimum absolute atomic E-state index is 0.116. The largest absolute Gasteiger partial charge is 0.310 e.